The lowest BCUT2D eigenvalue weighted by atomic mass is 10.1. The summed E-state index contributed by atoms with van der Waals surface area (Å²) >= 11 is 12.3. The average Bonchev–Trinajstić information content (AvgIpc) is 2.82. The Morgan fingerprint density at radius 3 is 2.55 bits per heavy atom. The quantitative estimate of drug-likeness (QED) is 0.781. The Morgan fingerprint density at radius 1 is 1.14 bits per heavy atom. The van der Waals surface area contributed by atoms with Crippen molar-refractivity contribution in [3.63, 3.8) is 0 Å². The molecule has 0 N–H and O–H groups in total. The van der Waals surface area contributed by atoms with Crippen LogP contribution in [0.15, 0.2) is 42.5 Å². The molecule has 0 aromatic heterocycles. The van der Waals surface area contributed by atoms with E-state index in [4.69, 9.17) is 23.2 Å². The fourth-order valence-corrected chi connectivity index (χ4v) is 3.66. The number of hydrogen-bond acceptors (Lipinski definition) is 1. The van der Waals surface area contributed by atoms with E-state index in [1.165, 1.54) is 5.56 Å². The number of amides is 1. The normalized spacial score (nSPS) is 16.7. The molecule has 2 aromatic carbocycles. The highest BCUT2D eigenvalue weighted by Gasteiger charge is 2.30. The first-order valence-electron chi connectivity index (χ1n) is 7.41. The van der Waals surface area contributed by atoms with E-state index in [1.807, 2.05) is 29.2 Å². The van der Waals surface area contributed by atoms with Gasteiger partial charge in [-0.15, -0.1) is 0 Å². The number of fused-ring (bicyclic) bond motifs is 1. The molecule has 0 unspecified atom stereocenters. The van der Waals surface area contributed by atoms with Crippen molar-refractivity contribution in [2.24, 2.45) is 0 Å². The summed E-state index contributed by atoms with van der Waals surface area (Å²) < 4.78 is 0. The molecule has 4 heteroatoms. The molecule has 2 aromatic rings. The predicted molar refractivity (Wildman–Crippen MR) is 91.9 cm³/mol. The highest BCUT2D eigenvalue weighted by Crippen LogP contribution is 2.33. The first-order valence-corrected chi connectivity index (χ1v) is 8.16. The van der Waals surface area contributed by atoms with Crippen molar-refractivity contribution < 1.29 is 4.79 Å². The highest BCUT2D eigenvalue weighted by molar-refractivity contribution is 6.36. The van der Waals surface area contributed by atoms with Gasteiger partial charge in [0.1, 0.15) is 0 Å². The van der Waals surface area contributed by atoms with Crippen molar-refractivity contribution in [1.29, 1.82) is 0 Å². The summed E-state index contributed by atoms with van der Waals surface area (Å²) in [6, 6.07) is 13.7. The van der Waals surface area contributed by atoms with Crippen LogP contribution in [0.25, 0.3) is 0 Å². The molecular weight excluding hydrogens is 317 g/mol. The highest BCUT2D eigenvalue weighted by atomic mass is 35.5. The van der Waals surface area contributed by atoms with Gasteiger partial charge in [0.2, 0.25) is 5.91 Å². The van der Waals surface area contributed by atoms with Crippen LogP contribution in [0, 0.1) is 0 Å². The van der Waals surface area contributed by atoms with Gasteiger partial charge in [0.15, 0.2) is 0 Å². The molecule has 0 fully saturated rings. The number of anilines is 1. The van der Waals surface area contributed by atoms with E-state index < -0.39 is 0 Å². The van der Waals surface area contributed by atoms with Gasteiger partial charge >= 0.3 is 0 Å². The van der Waals surface area contributed by atoms with Gasteiger partial charge < -0.3 is 4.90 Å². The van der Waals surface area contributed by atoms with Crippen molar-refractivity contribution in [1.82, 2.24) is 0 Å². The third kappa shape index (κ3) is 2.86. The third-order valence-corrected chi connectivity index (χ3v) is 4.83. The SMILES string of the molecule is C[C@H]1Cc2ccccc2N1C(=O)CCc1c(Cl)cccc1Cl. The van der Waals surface area contributed by atoms with Gasteiger partial charge in [-0.1, -0.05) is 47.5 Å². The summed E-state index contributed by atoms with van der Waals surface area (Å²) in [5.41, 5.74) is 3.11. The summed E-state index contributed by atoms with van der Waals surface area (Å²) in [5, 5.41) is 1.24. The zero-order valence-corrected chi connectivity index (χ0v) is 13.9. The van der Waals surface area contributed by atoms with E-state index in [0.717, 1.165) is 17.7 Å². The van der Waals surface area contributed by atoms with Crippen LogP contribution in [0.4, 0.5) is 5.69 Å². The standard InChI is InChI=1S/C18H17Cl2NO/c1-12-11-13-5-2-3-8-17(13)21(12)18(22)10-9-14-15(19)6-4-7-16(14)20/h2-8,12H,9-11H2,1H3/t12-/m0/s1. The molecule has 22 heavy (non-hydrogen) atoms. The van der Waals surface area contributed by atoms with Gasteiger partial charge in [-0.3, -0.25) is 4.79 Å². The Kier molecular flexibility index (Phi) is 4.42. The lowest BCUT2D eigenvalue weighted by Gasteiger charge is -2.23. The van der Waals surface area contributed by atoms with E-state index in [1.54, 1.807) is 12.1 Å². The lowest BCUT2D eigenvalue weighted by molar-refractivity contribution is -0.118. The number of rotatable bonds is 3. The number of halogens is 2. The number of carbonyl (C=O) groups is 1. The molecule has 0 saturated heterocycles. The van der Waals surface area contributed by atoms with E-state index in [0.29, 0.717) is 22.9 Å². The summed E-state index contributed by atoms with van der Waals surface area (Å²) in [5.74, 6) is 0.119. The first kappa shape index (κ1) is 15.4. The molecule has 0 radical (unpaired) electrons. The van der Waals surface area contributed by atoms with Gasteiger partial charge in [0, 0.05) is 28.2 Å². The second-order valence-corrected chi connectivity index (χ2v) is 6.46. The maximum Gasteiger partial charge on any atom is 0.227 e. The Balaban J connectivity index is 1.76. The Labute approximate surface area is 140 Å². The van der Waals surface area contributed by atoms with E-state index in [2.05, 4.69) is 13.0 Å². The zero-order chi connectivity index (χ0) is 15.7. The average molecular weight is 334 g/mol. The predicted octanol–water partition coefficient (Wildman–Crippen LogP) is 4.90. The molecule has 114 valence electrons. The molecule has 1 heterocycles. The van der Waals surface area contributed by atoms with E-state index in [9.17, 15) is 4.79 Å². The molecule has 1 amide bonds. The molecular formula is C18H17Cl2NO. The van der Waals surface area contributed by atoms with Crippen molar-refractivity contribution in [2.75, 3.05) is 4.90 Å². The third-order valence-electron chi connectivity index (χ3n) is 4.13. The number of carbonyl (C=O) groups excluding carboxylic acids is 1. The summed E-state index contributed by atoms with van der Waals surface area (Å²) in [6.07, 6.45) is 1.87. The number of benzene rings is 2. The largest absolute Gasteiger partial charge is 0.309 e. The van der Waals surface area contributed by atoms with Crippen LogP contribution in [0.2, 0.25) is 10.0 Å². The lowest BCUT2D eigenvalue weighted by Crippen LogP contribution is -2.35. The monoisotopic (exact) mass is 333 g/mol. The van der Waals surface area contributed by atoms with Crippen LogP contribution in [-0.2, 0) is 17.6 Å². The Hall–Kier alpha value is -1.51. The molecule has 1 aliphatic rings. The summed E-state index contributed by atoms with van der Waals surface area (Å²) in [4.78, 5) is 14.6. The Morgan fingerprint density at radius 2 is 1.82 bits per heavy atom. The van der Waals surface area contributed by atoms with E-state index in [-0.39, 0.29) is 11.9 Å². The minimum Gasteiger partial charge on any atom is -0.309 e. The summed E-state index contributed by atoms with van der Waals surface area (Å²) in [7, 11) is 0. The van der Waals surface area contributed by atoms with Crippen LogP contribution >= 0.6 is 23.2 Å². The van der Waals surface area contributed by atoms with Crippen LogP contribution in [-0.4, -0.2) is 11.9 Å². The molecule has 0 saturated carbocycles. The second-order valence-electron chi connectivity index (χ2n) is 5.65. The fourth-order valence-electron chi connectivity index (χ4n) is 3.07. The molecule has 0 aliphatic carbocycles. The zero-order valence-electron chi connectivity index (χ0n) is 12.4. The van der Waals surface area contributed by atoms with Crippen molar-refractivity contribution >= 4 is 34.8 Å². The smallest absolute Gasteiger partial charge is 0.227 e. The first-order chi connectivity index (χ1) is 10.6. The number of para-hydroxylation sites is 1. The molecule has 1 atom stereocenters. The number of nitrogens with zero attached hydrogens (tertiary/aromatic N) is 1. The topological polar surface area (TPSA) is 20.3 Å². The van der Waals surface area contributed by atoms with Crippen LogP contribution < -0.4 is 4.90 Å². The molecule has 0 bridgehead atoms. The fraction of sp³-hybridized carbons (Fsp3) is 0.278. The number of hydrogen-bond donors (Lipinski definition) is 0. The maximum absolute atomic E-state index is 12.7. The van der Waals surface area contributed by atoms with Gasteiger partial charge in [-0.2, -0.15) is 0 Å². The minimum atomic E-state index is 0.119. The van der Waals surface area contributed by atoms with Crippen molar-refractivity contribution in [2.45, 2.75) is 32.2 Å². The Bertz CT molecular complexity index is 694. The minimum absolute atomic E-state index is 0.119. The second kappa shape index (κ2) is 6.31. The van der Waals surface area contributed by atoms with Crippen LogP contribution in [0.1, 0.15) is 24.5 Å². The van der Waals surface area contributed by atoms with Crippen LogP contribution in [0.3, 0.4) is 0 Å². The molecule has 0 spiro atoms. The van der Waals surface area contributed by atoms with Gasteiger partial charge in [0.25, 0.3) is 0 Å². The van der Waals surface area contributed by atoms with Crippen molar-refractivity contribution in [3.05, 3.63) is 63.6 Å². The summed E-state index contributed by atoms with van der Waals surface area (Å²) in [6.45, 7) is 2.08. The van der Waals surface area contributed by atoms with E-state index >= 15 is 0 Å². The molecule has 1 aliphatic heterocycles. The van der Waals surface area contributed by atoms with Crippen LogP contribution in [0.5, 0.6) is 0 Å². The maximum atomic E-state index is 12.7. The molecule has 2 nitrogen and oxygen atoms in total. The van der Waals surface area contributed by atoms with Crippen molar-refractivity contribution in [3.8, 4) is 0 Å². The van der Waals surface area contributed by atoms with Gasteiger partial charge in [-0.05, 0) is 49.1 Å². The van der Waals surface area contributed by atoms with Gasteiger partial charge in [-0.25, -0.2) is 0 Å². The van der Waals surface area contributed by atoms with Gasteiger partial charge in [0.05, 0.1) is 0 Å². The molecule has 3 rings (SSSR count).